The molecule has 0 unspecified atom stereocenters. The van der Waals surface area contributed by atoms with Gasteiger partial charge >= 0.3 is 0 Å². The van der Waals surface area contributed by atoms with Crippen LogP contribution in [0.15, 0.2) is 0 Å². The molecule has 1 saturated heterocycles. The van der Waals surface area contributed by atoms with Gasteiger partial charge in [0.2, 0.25) is 0 Å². The number of hydrogen-bond acceptors (Lipinski definition) is 2. The third kappa shape index (κ3) is 1.96. The van der Waals surface area contributed by atoms with Crippen LogP contribution in [-0.4, -0.2) is 36.7 Å². The number of likely N-dealkylation sites (N-methyl/N-ethyl adjacent to an activating group) is 1. The summed E-state index contributed by atoms with van der Waals surface area (Å²) in [5, 5.41) is 0. The highest BCUT2D eigenvalue weighted by atomic mass is 16.5. The van der Waals surface area contributed by atoms with Crippen molar-refractivity contribution in [2.75, 3.05) is 19.6 Å². The molecule has 10 heavy (non-hydrogen) atoms. The lowest BCUT2D eigenvalue weighted by atomic mass is 10.2. The van der Waals surface area contributed by atoms with Crippen LogP contribution in [0.5, 0.6) is 0 Å². The zero-order valence-corrected chi connectivity index (χ0v) is 7.13. The first-order chi connectivity index (χ1) is 4.72. The van der Waals surface area contributed by atoms with E-state index >= 15 is 0 Å². The van der Waals surface area contributed by atoms with Crippen LogP contribution in [0.1, 0.15) is 20.8 Å². The van der Waals surface area contributed by atoms with Gasteiger partial charge in [0.15, 0.2) is 0 Å². The highest BCUT2D eigenvalue weighted by Crippen LogP contribution is 2.09. The minimum atomic E-state index is 0.420. The first kappa shape index (κ1) is 8.02. The Labute approximate surface area is 63.2 Å². The highest BCUT2D eigenvalue weighted by molar-refractivity contribution is 4.71. The SMILES string of the molecule is CCN1C[C@H](C)O[C@@H](C)C1. The Hall–Kier alpha value is -0.0800. The Kier molecular flexibility index (Phi) is 2.69. The van der Waals surface area contributed by atoms with Crippen LogP contribution in [0.25, 0.3) is 0 Å². The molecule has 0 spiro atoms. The lowest BCUT2D eigenvalue weighted by molar-refractivity contribution is -0.0664. The fraction of sp³-hybridized carbons (Fsp3) is 1.00. The predicted molar refractivity (Wildman–Crippen MR) is 42.1 cm³/mol. The van der Waals surface area contributed by atoms with Gasteiger partial charge < -0.3 is 4.74 Å². The normalized spacial score (nSPS) is 36.3. The summed E-state index contributed by atoms with van der Waals surface area (Å²) in [7, 11) is 0. The fourth-order valence-corrected chi connectivity index (χ4v) is 1.54. The second-order valence-electron chi connectivity index (χ2n) is 3.11. The van der Waals surface area contributed by atoms with Crippen LogP contribution in [-0.2, 0) is 4.74 Å². The Bertz CT molecular complexity index is 95.4. The second-order valence-corrected chi connectivity index (χ2v) is 3.11. The van der Waals surface area contributed by atoms with Crippen molar-refractivity contribution in [1.29, 1.82) is 0 Å². The van der Waals surface area contributed by atoms with Crippen LogP contribution in [0.2, 0.25) is 0 Å². The van der Waals surface area contributed by atoms with Crippen LogP contribution in [0.4, 0.5) is 0 Å². The number of morpholine rings is 1. The van der Waals surface area contributed by atoms with E-state index < -0.39 is 0 Å². The molecule has 1 aliphatic rings. The largest absolute Gasteiger partial charge is 0.373 e. The van der Waals surface area contributed by atoms with Gasteiger partial charge in [0, 0.05) is 13.1 Å². The van der Waals surface area contributed by atoms with E-state index in [0.29, 0.717) is 12.2 Å². The molecule has 0 aromatic carbocycles. The van der Waals surface area contributed by atoms with Gasteiger partial charge in [-0.05, 0) is 20.4 Å². The molecule has 1 heterocycles. The summed E-state index contributed by atoms with van der Waals surface area (Å²) in [5.74, 6) is 0. The number of rotatable bonds is 1. The summed E-state index contributed by atoms with van der Waals surface area (Å²) >= 11 is 0. The van der Waals surface area contributed by atoms with Gasteiger partial charge in [-0.15, -0.1) is 0 Å². The topological polar surface area (TPSA) is 12.5 Å². The maximum atomic E-state index is 5.58. The van der Waals surface area contributed by atoms with Crippen molar-refractivity contribution >= 4 is 0 Å². The quantitative estimate of drug-likeness (QED) is 0.545. The third-order valence-corrected chi connectivity index (χ3v) is 1.94. The van der Waals surface area contributed by atoms with Crippen LogP contribution in [0, 0.1) is 0 Å². The number of nitrogens with zero attached hydrogens (tertiary/aromatic N) is 1. The maximum absolute atomic E-state index is 5.58. The maximum Gasteiger partial charge on any atom is 0.0678 e. The van der Waals surface area contributed by atoms with Gasteiger partial charge in [-0.3, -0.25) is 4.90 Å². The van der Waals surface area contributed by atoms with E-state index in [2.05, 4.69) is 25.7 Å². The second kappa shape index (κ2) is 3.35. The minimum Gasteiger partial charge on any atom is -0.373 e. The summed E-state index contributed by atoms with van der Waals surface area (Å²) in [6.07, 6.45) is 0.840. The summed E-state index contributed by atoms with van der Waals surface area (Å²) in [6, 6.07) is 0. The van der Waals surface area contributed by atoms with Crippen molar-refractivity contribution in [1.82, 2.24) is 4.90 Å². The average molecular weight is 143 g/mol. The van der Waals surface area contributed by atoms with E-state index in [-0.39, 0.29) is 0 Å². The first-order valence-corrected chi connectivity index (χ1v) is 4.10. The summed E-state index contributed by atoms with van der Waals surface area (Å²) < 4.78 is 5.58. The number of ether oxygens (including phenoxy) is 1. The van der Waals surface area contributed by atoms with Gasteiger partial charge in [-0.25, -0.2) is 0 Å². The Morgan fingerprint density at radius 1 is 1.30 bits per heavy atom. The Morgan fingerprint density at radius 3 is 2.20 bits per heavy atom. The molecule has 1 aliphatic heterocycles. The van der Waals surface area contributed by atoms with Crippen LogP contribution < -0.4 is 0 Å². The van der Waals surface area contributed by atoms with Gasteiger partial charge in [-0.2, -0.15) is 0 Å². The lowest BCUT2D eigenvalue weighted by Crippen LogP contribution is -2.45. The molecule has 0 amide bonds. The fourth-order valence-electron chi connectivity index (χ4n) is 1.54. The van der Waals surface area contributed by atoms with Gasteiger partial charge in [-0.1, -0.05) is 6.92 Å². The van der Waals surface area contributed by atoms with E-state index in [1.807, 2.05) is 0 Å². The molecule has 1 fully saturated rings. The molecular weight excluding hydrogens is 126 g/mol. The molecule has 0 saturated carbocycles. The lowest BCUT2D eigenvalue weighted by Gasteiger charge is -2.34. The molecule has 0 bridgehead atoms. The Morgan fingerprint density at radius 2 is 1.80 bits per heavy atom. The molecule has 60 valence electrons. The van der Waals surface area contributed by atoms with Crippen molar-refractivity contribution in [3.63, 3.8) is 0 Å². The monoisotopic (exact) mass is 143 g/mol. The molecule has 0 aromatic heterocycles. The molecule has 2 nitrogen and oxygen atoms in total. The molecule has 2 heteroatoms. The standard InChI is InChI=1S/C8H17NO/c1-4-9-5-7(2)10-8(3)6-9/h7-8H,4-6H2,1-3H3/t7-,8-/m0/s1. The zero-order chi connectivity index (χ0) is 7.56. The average Bonchev–Trinajstić information content (AvgIpc) is 1.85. The first-order valence-electron chi connectivity index (χ1n) is 4.10. The molecule has 1 rings (SSSR count). The predicted octanol–water partition coefficient (Wildman–Crippen LogP) is 1.12. The molecule has 0 aromatic rings. The molecule has 2 atom stereocenters. The van der Waals surface area contributed by atoms with Crippen molar-refractivity contribution in [3.8, 4) is 0 Å². The molecule has 0 N–H and O–H groups in total. The zero-order valence-electron chi connectivity index (χ0n) is 7.13. The van der Waals surface area contributed by atoms with E-state index in [0.717, 1.165) is 19.6 Å². The van der Waals surface area contributed by atoms with Gasteiger partial charge in [0.05, 0.1) is 12.2 Å². The van der Waals surface area contributed by atoms with Crippen molar-refractivity contribution in [3.05, 3.63) is 0 Å². The van der Waals surface area contributed by atoms with E-state index in [1.165, 1.54) is 0 Å². The highest BCUT2D eigenvalue weighted by Gasteiger charge is 2.19. The van der Waals surface area contributed by atoms with Crippen molar-refractivity contribution in [2.45, 2.75) is 33.0 Å². The van der Waals surface area contributed by atoms with E-state index in [9.17, 15) is 0 Å². The van der Waals surface area contributed by atoms with Gasteiger partial charge in [0.25, 0.3) is 0 Å². The molecule has 0 aliphatic carbocycles. The van der Waals surface area contributed by atoms with Gasteiger partial charge in [0.1, 0.15) is 0 Å². The van der Waals surface area contributed by atoms with E-state index in [4.69, 9.17) is 4.74 Å². The van der Waals surface area contributed by atoms with Crippen LogP contribution >= 0.6 is 0 Å². The summed E-state index contributed by atoms with van der Waals surface area (Å²) in [6.45, 7) is 9.82. The number of hydrogen-bond donors (Lipinski definition) is 0. The van der Waals surface area contributed by atoms with Crippen LogP contribution in [0.3, 0.4) is 0 Å². The summed E-state index contributed by atoms with van der Waals surface area (Å²) in [4.78, 5) is 2.43. The Balaban J connectivity index is 2.35. The molecule has 0 radical (unpaired) electrons. The third-order valence-electron chi connectivity index (χ3n) is 1.94. The smallest absolute Gasteiger partial charge is 0.0678 e. The molecular formula is C8H17NO. The van der Waals surface area contributed by atoms with E-state index in [1.54, 1.807) is 0 Å². The van der Waals surface area contributed by atoms with Crippen molar-refractivity contribution in [2.24, 2.45) is 0 Å². The summed E-state index contributed by atoms with van der Waals surface area (Å²) in [5.41, 5.74) is 0. The van der Waals surface area contributed by atoms with Crippen molar-refractivity contribution < 1.29 is 4.74 Å². The minimum absolute atomic E-state index is 0.420.